The molecule has 1 heterocycles. The number of hydrogen-bond acceptors (Lipinski definition) is 6. The van der Waals surface area contributed by atoms with Gasteiger partial charge in [-0.15, -0.1) is 0 Å². The molecule has 4 atom stereocenters. The first-order valence-corrected chi connectivity index (χ1v) is 14.9. The van der Waals surface area contributed by atoms with Crippen molar-refractivity contribution < 1.29 is 28.7 Å². The van der Waals surface area contributed by atoms with Crippen LogP contribution >= 0.6 is 0 Å². The lowest BCUT2D eigenvalue weighted by atomic mass is 9.93. The molecule has 2 aromatic carbocycles. The van der Waals surface area contributed by atoms with Gasteiger partial charge < -0.3 is 20.1 Å². The van der Waals surface area contributed by atoms with E-state index in [1.165, 1.54) is 6.08 Å². The summed E-state index contributed by atoms with van der Waals surface area (Å²) in [6.07, 6.45) is 5.96. The number of carbonyl (C=O) groups is 4. The average molecular weight is 589 g/mol. The number of carbonyl (C=O) groups excluding carboxylic acids is 4. The summed E-state index contributed by atoms with van der Waals surface area (Å²) in [6.45, 7) is 9.03. The molecule has 43 heavy (non-hydrogen) atoms. The largest absolute Gasteiger partial charge is 0.459 e. The van der Waals surface area contributed by atoms with Crippen molar-refractivity contribution in [3.63, 3.8) is 0 Å². The molecule has 1 aliphatic rings. The third-order valence-corrected chi connectivity index (χ3v) is 7.25. The maximum atomic E-state index is 13.4. The molecule has 0 fully saturated rings. The van der Waals surface area contributed by atoms with Crippen molar-refractivity contribution in [2.75, 3.05) is 6.54 Å². The highest BCUT2D eigenvalue weighted by Gasteiger charge is 2.36. The first-order chi connectivity index (χ1) is 20.4. The van der Waals surface area contributed by atoms with E-state index in [-0.39, 0.29) is 37.6 Å². The molecule has 2 amide bonds. The highest BCUT2D eigenvalue weighted by atomic mass is 16.6. The Labute approximate surface area is 254 Å². The molecular formula is C35H44N2O6. The molecule has 0 bridgehead atoms. The summed E-state index contributed by atoms with van der Waals surface area (Å²) in [5.74, 6) is -2.31. The van der Waals surface area contributed by atoms with E-state index in [0.717, 1.165) is 11.1 Å². The minimum absolute atomic E-state index is 0.0466. The molecular weight excluding hydrogens is 544 g/mol. The van der Waals surface area contributed by atoms with Gasteiger partial charge in [0.1, 0.15) is 12.1 Å². The Hall–Kier alpha value is -4.20. The van der Waals surface area contributed by atoms with Gasteiger partial charge in [-0.1, -0.05) is 99.7 Å². The Morgan fingerprint density at radius 1 is 0.930 bits per heavy atom. The van der Waals surface area contributed by atoms with Crippen molar-refractivity contribution in [2.24, 2.45) is 17.3 Å². The lowest BCUT2D eigenvalue weighted by molar-refractivity contribution is -0.178. The Kier molecular flexibility index (Phi) is 12.3. The Morgan fingerprint density at radius 3 is 2.23 bits per heavy atom. The number of amides is 2. The van der Waals surface area contributed by atoms with Crippen LogP contribution in [0.3, 0.4) is 0 Å². The van der Waals surface area contributed by atoms with Crippen LogP contribution in [0, 0.1) is 17.3 Å². The maximum Gasteiger partial charge on any atom is 0.347 e. The van der Waals surface area contributed by atoms with Crippen molar-refractivity contribution in [2.45, 2.75) is 72.1 Å². The third-order valence-electron chi connectivity index (χ3n) is 7.25. The molecule has 2 unspecified atom stereocenters. The van der Waals surface area contributed by atoms with E-state index >= 15 is 0 Å². The number of hydrogen-bond donors (Lipinski definition) is 2. The second-order valence-corrected chi connectivity index (χ2v) is 12.1. The molecule has 0 radical (unpaired) electrons. The maximum absolute atomic E-state index is 13.4. The van der Waals surface area contributed by atoms with Crippen molar-refractivity contribution in [3.05, 3.63) is 90.0 Å². The summed E-state index contributed by atoms with van der Waals surface area (Å²) in [5.41, 5.74) is 0.733. The topological polar surface area (TPSA) is 111 Å². The quantitative estimate of drug-likeness (QED) is 0.439. The van der Waals surface area contributed by atoms with Crippen LogP contribution < -0.4 is 10.6 Å². The van der Waals surface area contributed by atoms with E-state index < -0.39 is 47.4 Å². The lowest BCUT2D eigenvalue weighted by Crippen LogP contribution is -2.51. The van der Waals surface area contributed by atoms with Crippen molar-refractivity contribution in [1.82, 2.24) is 10.6 Å². The molecule has 0 aliphatic carbocycles. The van der Waals surface area contributed by atoms with Crippen LogP contribution in [0.1, 0.15) is 58.6 Å². The van der Waals surface area contributed by atoms with E-state index in [2.05, 4.69) is 10.6 Å². The normalized spacial score (nSPS) is 23.6. The number of rotatable bonds is 7. The summed E-state index contributed by atoms with van der Waals surface area (Å²) < 4.78 is 11.7. The van der Waals surface area contributed by atoms with Crippen LogP contribution in [0.4, 0.5) is 0 Å². The second kappa shape index (κ2) is 15.9. The molecule has 1 aliphatic heterocycles. The van der Waals surface area contributed by atoms with Crippen LogP contribution in [0.25, 0.3) is 6.08 Å². The summed E-state index contributed by atoms with van der Waals surface area (Å²) in [4.78, 5) is 52.9. The zero-order chi connectivity index (χ0) is 31.4. The number of benzene rings is 2. The zero-order valence-corrected chi connectivity index (χ0v) is 25.7. The lowest BCUT2D eigenvalue weighted by Gasteiger charge is -2.29. The molecule has 0 saturated carbocycles. The highest BCUT2D eigenvalue weighted by molar-refractivity contribution is 5.93. The number of esters is 2. The SMILES string of the molecule is CC(C)CC1OC(=O)C(C)(C)CNC(=O)[C@@H](Cc2ccccc2)NC(=O)/C=C/CC([C@H](C)/C=C/c2ccccc2)OC1=O. The van der Waals surface area contributed by atoms with E-state index in [4.69, 9.17) is 9.47 Å². The summed E-state index contributed by atoms with van der Waals surface area (Å²) in [6, 6.07) is 18.3. The minimum Gasteiger partial charge on any atom is -0.459 e. The number of cyclic esters (lactones) is 2. The first kappa shape index (κ1) is 33.3. The number of ether oxygens (including phenoxy) is 2. The molecule has 2 aromatic rings. The van der Waals surface area contributed by atoms with Crippen LogP contribution in [0.5, 0.6) is 0 Å². The predicted molar refractivity (Wildman–Crippen MR) is 166 cm³/mol. The molecule has 8 heteroatoms. The van der Waals surface area contributed by atoms with Crippen LogP contribution in [-0.4, -0.2) is 48.5 Å². The van der Waals surface area contributed by atoms with Crippen molar-refractivity contribution in [3.8, 4) is 0 Å². The summed E-state index contributed by atoms with van der Waals surface area (Å²) in [5, 5.41) is 5.58. The Morgan fingerprint density at radius 2 is 1.58 bits per heavy atom. The smallest absolute Gasteiger partial charge is 0.347 e. The molecule has 230 valence electrons. The average Bonchev–Trinajstić information content (AvgIpc) is 2.97. The zero-order valence-electron chi connectivity index (χ0n) is 25.7. The summed E-state index contributed by atoms with van der Waals surface area (Å²) in [7, 11) is 0. The van der Waals surface area contributed by atoms with Gasteiger partial charge >= 0.3 is 11.9 Å². The van der Waals surface area contributed by atoms with E-state index in [0.29, 0.717) is 0 Å². The van der Waals surface area contributed by atoms with Crippen molar-refractivity contribution >= 4 is 29.8 Å². The molecule has 0 spiro atoms. The minimum atomic E-state index is -1.14. The highest BCUT2D eigenvalue weighted by Crippen LogP contribution is 2.23. The van der Waals surface area contributed by atoms with Gasteiger partial charge in [0.05, 0.1) is 5.41 Å². The van der Waals surface area contributed by atoms with Gasteiger partial charge in [0.25, 0.3) is 0 Å². The fourth-order valence-electron chi connectivity index (χ4n) is 4.55. The fourth-order valence-corrected chi connectivity index (χ4v) is 4.55. The van der Waals surface area contributed by atoms with Crippen LogP contribution in [0.2, 0.25) is 0 Å². The molecule has 2 N–H and O–H groups in total. The van der Waals surface area contributed by atoms with Crippen LogP contribution in [-0.2, 0) is 35.1 Å². The Bertz CT molecular complexity index is 1290. The van der Waals surface area contributed by atoms with Gasteiger partial charge in [0.15, 0.2) is 6.10 Å². The van der Waals surface area contributed by atoms with Crippen molar-refractivity contribution in [1.29, 1.82) is 0 Å². The van der Waals surface area contributed by atoms with Gasteiger partial charge in [0, 0.05) is 25.3 Å². The fraction of sp³-hybridized carbons (Fsp3) is 0.429. The second-order valence-electron chi connectivity index (χ2n) is 12.1. The molecule has 8 nitrogen and oxygen atoms in total. The molecule has 0 aromatic heterocycles. The van der Waals surface area contributed by atoms with E-state index in [1.54, 1.807) is 19.9 Å². The summed E-state index contributed by atoms with van der Waals surface area (Å²) >= 11 is 0. The third kappa shape index (κ3) is 10.9. The Balaban J connectivity index is 1.92. The predicted octanol–water partition coefficient (Wildman–Crippen LogP) is 5.04. The van der Waals surface area contributed by atoms with Gasteiger partial charge in [0.2, 0.25) is 11.8 Å². The number of nitrogens with one attached hydrogen (secondary N) is 2. The van der Waals surface area contributed by atoms with Crippen LogP contribution in [0.15, 0.2) is 78.9 Å². The standard InChI is InChI=1S/C35H44N2O6/c1-24(2)21-30-33(40)42-29(25(3)19-20-26-13-8-6-9-14-26)17-12-18-31(38)37-28(22-27-15-10-7-11-16-27)32(39)36-23-35(4,5)34(41)43-30/h6-16,18-20,24-25,28-30H,17,21-23H2,1-5H3,(H,36,39)(H,37,38)/b18-12+,20-19+/t25-,28-,29?,30?/m1/s1. The molecule has 0 saturated heterocycles. The van der Waals surface area contributed by atoms with E-state index in [1.807, 2.05) is 93.6 Å². The van der Waals surface area contributed by atoms with Gasteiger partial charge in [-0.05, 0) is 43.4 Å². The van der Waals surface area contributed by atoms with Gasteiger partial charge in [-0.25, -0.2) is 4.79 Å². The monoisotopic (exact) mass is 588 g/mol. The first-order valence-electron chi connectivity index (χ1n) is 14.9. The molecule has 3 rings (SSSR count). The van der Waals surface area contributed by atoms with Gasteiger partial charge in [-0.3, -0.25) is 14.4 Å². The van der Waals surface area contributed by atoms with E-state index in [9.17, 15) is 19.2 Å². The van der Waals surface area contributed by atoms with Gasteiger partial charge in [-0.2, -0.15) is 0 Å².